The molecule has 5 nitrogen and oxygen atoms in total. The monoisotopic (exact) mass is 434 g/mol. The van der Waals surface area contributed by atoms with Crippen LogP contribution in [0.5, 0.6) is 5.75 Å². The molecule has 4 rings (SSSR count). The van der Waals surface area contributed by atoms with Crippen LogP contribution in [0.25, 0.3) is 10.9 Å². The van der Waals surface area contributed by atoms with Gasteiger partial charge in [-0.1, -0.05) is 19.1 Å². The number of ether oxygens (including phenoxy) is 1. The number of thiocarbonyl (C=S) groups is 1. The molecule has 2 N–H and O–H groups in total. The van der Waals surface area contributed by atoms with Gasteiger partial charge in [0.05, 0.1) is 13.2 Å². The molecule has 0 saturated carbocycles. The Morgan fingerprint density at radius 3 is 2.58 bits per heavy atom. The predicted octanol–water partition coefficient (Wildman–Crippen LogP) is 5.53. The fourth-order valence-electron chi connectivity index (χ4n) is 4.10. The number of nitrogens with one attached hydrogen (secondary N) is 2. The summed E-state index contributed by atoms with van der Waals surface area (Å²) in [6.45, 7) is 6.76. The number of hydrogen-bond acceptors (Lipinski definition) is 4. The molecule has 3 aromatic rings. The Bertz CT molecular complexity index is 1050. The van der Waals surface area contributed by atoms with Crippen molar-refractivity contribution in [3.05, 3.63) is 60.3 Å². The van der Waals surface area contributed by atoms with E-state index >= 15 is 0 Å². The number of pyridine rings is 1. The van der Waals surface area contributed by atoms with E-state index in [4.69, 9.17) is 17.0 Å². The molecule has 1 saturated heterocycles. The zero-order valence-electron chi connectivity index (χ0n) is 18.4. The first-order valence-corrected chi connectivity index (χ1v) is 11.3. The molecule has 2 aromatic carbocycles. The van der Waals surface area contributed by atoms with Crippen LogP contribution in [0.2, 0.25) is 0 Å². The predicted molar refractivity (Wildman–Crippen MR) is 133 cm³/mol. The molecule has 1 fully saturated rings. The normalized spacial score (nSPS) is 15.5. The van der Waals surface area contributed by atoms with E-state index in [-0.39, 0.29) is 6.04 Å². The summed E-state index contributed by atoms with van der Waals surface area (Å²) in [6, 6.07) is 16.7. The topological polar surface area (TPSA) is 49.4 Å². The minimum atomic E-state index is 0.0954. The molecule has 1 aromatic heterocycles. The number of anilines is 2. The van der Waals surface area contributed by atoms with Crippen molar-refractivity contribution >= 4 is 39.6 Å². The third-order valence-electron chi connectivity index (χ3n) is 6.09. The molecule has 1 aliphatic heterocycles. The quantitative estimate of drug-likeness (QED) is 0.515. The largest absolute Gasteiger partial charge is 0.494 e. The van der Waals surface area contributed by atoms with Crippen molar-refractivity contribution in [3.8, 4) is 5.75 Å². The molecule has 162 valence electrons. The summed E-state index contributed by atoms with van der Waals surface area (Å²) in [5.41, 5.74) is 4.23. The Morgan fingerprint density at radius 1 is 1.13 bits per heavy atom. The SMILES string of the molecule is COc1ccc(NC(=S)N[C@@H](C)c2ccc(N3CCC(C)CC3)cc2)c2cccnc12. The molecule has 0 radical (unpaired) electrons. The van der Waals surface area contributed by atoms with Gasteiger partial charge in [0, 0.05) is 36.0 Å². The van der Waals surface area contributed by atoms with E-state index in [2.05, 4.69) is 58.6 Å². The van der Waals surface area contributed by atoms with Gasteiger partial charge in [-0.15, -0.1) is 0 Å². The Morgan fingerprint density at radius 2 is 1.87 bits per heavy atom. The Kier molecular flexibility index (Phi) is 6.56. The molecule has 0 spiro atoms. The molecule has 2 heterocycles. The van der Waals surface area contributed by atoms with Crippen LogP contribution < -0.4 is 20.3 Å². The highest BCUT2D eigenvalue weighted by Crippen LogP contribution is 2.30. The van der Waals surface area contributed by atoms with Crippen molar-refractivity contribution in [1.82, 2.24) is 10.3 Å². The first-order valence-electron chi connectivity index (χ1n) is 10.9. The summed E-state index contributed by atoms with van der Waals surface area (Å²) in [4.78, 5) is 6.93. The minimum absolute atomic E-state index is 0.0954. The second-order valence-corrected chi connectivity index (χ2v) is 8.70. The highest BCUT2D eigenvalue weighted by Gasteiger charge is 2.16. The molecule has 31 heavy (non-hydrogen) atoms. The lowest BCUT2D eigenvalue weighted by Gasteiger charge is -2.32. The lowest BCUT2D eigenvalue weighted by atomic mass is 9.98. The molecule has 0 bridgehead atoms. The van der Waals surface area contributed by atoms with Crippen molar-refractivity contribution in [2.75, 3.05) is 30.4 Å². The zero-order valence-corrected chi connectivity index (χ0v) is 19.2. The molecular formula is C25H30N4OS. The van der Waals surface area contributed by atoms with Gasteiger partial charge in [0.25, 0.3) is 0 Å². The summed E-state index contributed by atoms with van der Waals surface area (Å²) in [7, 11) is 1.65. The van der Waals surface area contributed by atoms with E-state index < -0.39 is 0 Å². The van der Waals surface area contributed by atoms with Gasteiger partial charge in [-0.3, -0.25) is 4.98 Å². The third-order valence-corrected chi connectivity index (χ3v) is 6.31. The van der Waals surface area contributed by atoms with Gasteiger partial charge < -0.3 is 20.3 Å². The van der Waals surface area contributed by atoms with Crippen LogP contribution in [0.15, 0.2) is 54.7 Å². The molecule has 1 atom stereocenters. The average Bonchev–Trinajstić information content (AvgIpc) is 2.80. The van der Waals surface area contributed by atoms with E-state index in [1.165, 1.54) is 24.1 Å². The Labute approximate surface area is 189 Å². The van der Waals surface area contributed by atoms with Crippen LogP contribution in [0.3, 0.4) is 0 Å². The minimum Gasteiger partial charge on any atom is -0.494 e. The van der Waals surface area contributed by atoms with Gasteiger partial charge >= 0.3 is 0 Å². The van der Waals surface area contributed by atoms with Crippen molar-refractivity contribution < 1.29 is 4.74 Å². The van der Waals surface area contributed by atoms with Crippen LogP contribution in [-0.2, 0) is 0 Å². The number of benzene rings is 2. The maximum Gasteiger partial charge on any atom is 0.171 e. The number of rotatable bonds is 5. The van der Waals surface area contributed by atoms with Gasteiger partial charge in [-0.25, -0.2) is 0 Å². The lowest BCUT2D eigenvalue weighted by Crippen LogP contribution is -2.33. The summed E-state index contributed by atoms with van der Waals surface area (Å²) in [6.07, 6.45) is 4.31. The van der Waals surface area contributed by atoms with Gasteiger partial charge in [0.1, 0.15) is 11.3 Å². The first kappa shape index (κ1) is 21.4. The van der Waals surface area contributed by atoms with Gasteiger partial charge in [0.15, 0.2) is 5.11 Å². The molecule has 0 amide bonds. The van der Waals surface area contributed by atoms with E-state index in [1.807, 2.05) is 24.3 Å². The molecule has 1 aliphatic rings. The van der Waals surface area contributed by atoms with Crippen molar-refractivity contribution in [2.45, 2.75) is 32.7 Å². The van der Waals surface area contributed by atoms with Crippen LogP contribution in [0, 0.1) is 5.92 Å². The number of nitrogens with zero attached hydrogens (tertiary/aromatic N) is 2. The number of hydrogen-bond donors (Lipinski definition) is 2. The first-order chi connectivity index (χ1) is 15.0. The number of fused-ring (bicyclic) bond motifs is 1. The molecule has 0 unspecified atom stereocenters. The standard InChI is InChI=1S/C25H30N4OS/c1-17-12-15-29(16-13-17)20-8-6-19(7-9-20)18(2)27-25(31)28-22-10-11-23(30-3)24-21(22)5-4-14-26-24/h4-11,14,17-18H,12-13,15-16H2,1-3H3,(H2,27,28,31)/t18-/m0/s1. The average molecular weight is 435 g/mol. The van der Waals surface area contributed by atoms with Crippen LogP contribution in [0.1, 0.15) is 38.3 Å². The van der Waals surface area contributed by atoms with Crippen LogP contribution >= 0.6 is 12.2 Å². The van der Waals surface area contributed by atoms with Crippen molar-refractivity contribution in [1.29, 1.82) is 0 Å². The third kappa shape index (κ3) is 4.90. The second kappa shape index (κ2) is 9.52. The fraction of sp³-hybridized carbons (Fsp3) is 0.360. The maximum absolute atomic E-state index is 5.59. The van der Waals surface area contributed by atoms with Gasteiger partial charge in [-0.05, 0) is 79.9 Å². The summed E-state index contributed by atoms with van der Waals surface area (Å²) in [5, 5.41) is 8.27. The van der Waals surface area contributed by atoms with Gasteiger partial charge in [-0.2, -0.15) is 0 Å². The summed E-state index contributed by atoms with van der Waals surface area (Å²) < 4.78 is 5.43. The van der Waals surface area contributed by atoms with Crippen molar-refractivity contribution in [3.63, 3.8) is 0 Å². The van der Waals surface area contributed by atoms with Crippen molar-refractivity contribution in [2.24, 2.45) is 5.92 Å². The maximum atomic E-state index is 5.59. The second-order valence-electron chi connectivity index (χ2n) is 8.30. The molecular weight excluding hydrogens is 404 g/mol. The number of aromatic nitrogens is 1. The Balaban J connectivity index is 1.40. The zero-order chi connectivity index (χ0) is 21.8. The number of methoxy groups -OCH3 is 1. The van der Waals surface area contributed by atoms with E-state index in [0.717, 1.165) is 41.3 Å². The van der Waals surface area contributed by atoms with E-state index in [0.29, 0.717) is 5.11 Å². The fourth-order valence-corrected chi connectivity index (χ4v) is 4.39. The van der Waals surface area contributed by atoms with Crippen LogP contribution in [-0.4, -0.2) is 30.3 Å². The van der Waals surface area contributed by atoms with E-state index in [9.17, 15) is 0 Å². The highest BCUT2D eigenvalue weighted by molar-refractivity contribution is 7.80. The summed E-state index contributed by atoms with van der Waals surface area (Å²) in [5.74, 6) is 1.59. The molecule has 0 aliphatic carbocycles. The highest BCUT2D eigenvalue weighted by atomic mass is 32.1. The van der Waals surface area contributed by atoms with Gasteiger partial charge in [0.2, 0.25) is 0 Å². The molecule has 6 heteroatoms. The van der Waals surface area contributed by atoms with Crippen LogP contribution in [0.4, 0.5) is 11.4 Å². The smallest absolute Gasteiger partial charge is 0.171 e. The Hall–Kier alpha value is -2.86. The lowest BCUT2D eigenvalue weighted by molar-refractivity contribution is 0.419. The summed E-state index contributed by atoms with van der Waals surface area (Å²) >= 11 is 5.59. The van der Waals surface area contributed by atoms with E-state index in [1.54, 1.807) is 13.3 Å². The number of piperidine rings is 1.